The number of halogens is 3. The van der Waals surface area contributed by atoms with Gasteiger partial charge in [0.2, 0.25) is 5.88 Å². The lowest BCUT2D eigenvalue weighted by molar-refractivity contribution is -0.167. The van der Waals surface area contributed by atoms with Gasteiger partial charge in [0.05, 0.1) is 14.2 Å². The van der Waals surface area contributed by atoms with Crippen molar-refractivity contribution in [3.63, 3.8) is 0 Å². The number of alkyl halides is 3. The van der Waals surface area contributed by atoms with E-state index in [1.807, 2.05) is 6.07 Å². The quantitative estimate of drug-likeness (QED) is 0.633. The van der Waals surface area contributed by atoms with Crippen LogP contribution in [-0.2, 0) is 4.79 Å². The third kappa shape index (κ3) is 4.07. The van der Waals surface area contributed by atoms with Crippen LogP contribution >= 0.6 is 0 Å². The minimum Gasteiger partial charge on any atom is -0.497 e. The van der Waals surface area contributed by atoms with Gasteiger partial charge in [0.25, 0.3) is 0 Å². The van der Waals surface area contributed by atoms with E-state index in [0.29, 0.717) is 22.6 Å². The lowest BCUT2D eigenvalue weighted by atomic mass is 9.98. The molecule has 30 heavy (non-hydrogen) atoms. The predicted molar refractivity (Wildman–Crippen MR) is 102 cm³/mol. The first-order valence-electron chi connectivity index (χ1n) is 8.52. The smallest absolute Gasteiger partial charge is 0.471 e. The average molecular weight is 416 g/mol. The molecule has 0 unspecified atom stereocenters. The minimum atomic E-state index is -5.14. The summed E-state index contributed by atoms with van der Waals surface area (Å²) in [4.78, 5) is 11.4. The van der Waals surface area contributed by atoms with Gasteiger partial charge in [-0.15, -0.1) is 0 Å². The molecule has 3 rings (SSSR count). The van der Waals surface area contributed by atoms with E-state index in [9.17, 15) is 23.2 Å². The Hall–Kier alpha value is -3.93. The first kappa shape index (κ1) is 20.8. The van der Waals surface area contributed by atoms with Crippen molar-refractivity contribution < 1.29 is 31.9 Å². The van der Waals surface area contributed by atoms with Crippen LogP contribution in [0.1, 0.15) is 5.56 Å². The second-order valence-electron chi connectivity index (χ2n) is 6.03. The van der Waals surface area contributed by atoms with E-state index < -0.39 is 18.0 Å². The maximum absolute atomic E-state index is 12.7. The number of hydrogen-bond donors (Lipinski definition) is 1. The zero-order valence-electron chi connectivity index (χ0n) is 15.8. The maximum Gasteiger partial charge on any atom is 0.471 e. The van der Waals surface area contributed by atoms with Gasteiger partial charge in [-0.2, -0.15) is 18.4 Å². The molecule has 2 aromatic carbocycles. The monoisotopic (exact) mass is 416 g/mol. The Morgan fingerprint density at radius 3 is 1.90 bits per heavy atom. The fourth-order valence-electron chi connectivity index (χ4n) is 2.78. The highest BCUT2D eigenvalue weighted by Crippen LogP contribution is 2.42. The molecule has 1 amide bonds. The second kappa shape index (κ2) is 8.21. The molecule has 0 aliphatic rings. The fraction of sp³-hybridized carbons (Fsp3) is 0.143. The molecule has 0 radical (unpaired) electrons. The van der Waals surface area contributed by atoms with Crippen LogP contribution in [0.25, 0.3) is 22.5 Å². The van der Waals surface area contributed by atoms with Gasteiger partial charge in [-0.3, -0.25) is 10.1 Å². The van der Waals surface area contributed by atoms with Crippen molar-refractivity contribution in [2.24, 2.45) is 0 Å². The molecule has 0 saturated carbocycles. The molecule has 1 N–H and O–H groups in total. The number of hydrogen-bond acceptors (Lipinski definition) is 5. The average Bonchev–Trinajstić information content (AvgIpc) is 3.11. The van der Waals surface area contributed by atoms with Crippen LogP contribution in [0, 0.1) is 11.3 Å². The van der Waals surface area contributed by atoms with E-state index in [0.717, 1.165) is 0 Å². The lowest BCUT2D eigenvalue weighted by Gasteiger charge is -2.06. The van der Waals surface area contributed by atoms with Crippen molar-refractivity contribution in [3.8, 4) is 40.0 Å². The molecule has 0 fully saturated rings. The van der Waals surface area contributed by atoms with Crippen LogP contribution < -0.4 is 14.8 Å². The molecule has 0 aliphatic heterocycles. The lowest BCUT2D eigenvalue weighted by Crippen LogP contribution is -2.30. The van der Waals surface area contributed by atoms with Gasteiger partial charge >= 0.3 is 12.1 Å². The Morgan fingerprint density at radius 2 is 1.47 bits per heavy atom. The molecule has 0 atom stereocenters. The number of anilines is 1. The molecular formula is C21H15F3N2O4. The Kier molecular flexibility index (Phi) is 5.69. The number of ether oxygens (including phenoxy) is 2. The van der Waals surface area contributed by atoms with Crippen molar-refractivity contribution in [2.75, 3.05) is 19.5 Å². The summed E-state index contributed by atoms with van der Waals surface area (Å²) in [7, 11) is 2.98. The van der Waals surface area contributed by atoms with Gasteiger partial charge in [0, 0.05) is 11.1 Å². The van der Waals surface area contributed by atoms with E-state index in [2.05, 4.69) is 0 Å². The fourth-order valence-corrected chi connectivity index (χ4v) is 2.78. The first-order valence-corrected chi connectivity index (χ1v) is 8.52. The molecule has 0 spiro atoms. The highest BCUT2D eigenvalue weighted by Gasteiger charge is 2.40. The summed E-state index contributed by atoms with van der Waals surface area (Å²) in [5.41, 5.74) is 0.978. The third-order valence-electron chi connectivity index (χ3n) is 4.24. The van der Waals surface area contributed by atoms with Crippen molar-refractivity contribution in [3.05, 3.63) is 54.1 Å². The summed E-state index contributed by atoms with van der Waals surface area (Å²) in [5, 5.41) is 11.3. The largest absolute Gasteiger partial charge is 0.497 e. The van der Waals surface area contributed by atoms with Crippen LogP contribution in [0.4, 0.5) is 19.1 Å². The Balaban J connectivity index is 2.19. The predicted octanol–water partition coefficient (Wildman–Crippen LogP) is 5.00. The van der Waals surface area contributed by atoms with Crippen LogP contribution in [0.3, 0.4) is 0 Å². The summed E-state index contributed by atoms with van der Waals surface area (Å²) in [6.07, 6.45) is -5.14. The van der Waals surface area contributed by atoms with Gasteiger partial charge in [0.15, 0.2) is 0 Å². The van der Waals surface area contributed by atoms with Gasteiger partial charge in [0.1, 0.15) is 28.9 Å². The van der Waals surface area contributed by atoms with E-state index in [1.165, 1.54) is 14.2 Å². The Bertz CT molecular complexity index is 1100. The van der Waals surface area contributed by atoms with E-state index in [1.54, 1.807) is 53.8 Å². The Morgan fingerprint density at radius 1 is 0.967 bits per heavy atom. The van der Waals surface area contributed by atoms with Gasteiger partial charge in [-0.05, 0) is 42.0 Å². The van der Waals surface area contributed by atoms with Gasteiger partial charge in [-0.1, -0.05) is 12.1 Å². The number of amides is 1. The molecule has 1 aromatic heterocycles. The molecule has 0 aliphatic carbocycles. The topological polar surface area (TPSA) is 84.5 Å². The normalized spacial score (nSPS) is 10.9. The maximum atomic E-state index is 12.7. The highest BCUT2D eigenvalue weighted by atomic mass is 19.4. The standard InChI is InChI=1S/C21H15F3N2O4/c1-28-14-7-3-12(4-8-14)17-16(11-25)19(26-20(27)21(22,23)24)30-18(17)13-5-9-15(29-2)10-6-13/h3-10H,1-2H3,(H,26,27). The number of nitrogens with one attached hydrogen (secondary N) is 1. The Labute approximate surface area is 169 Å². The van der Waals surface area contributed by atoms with Crippen molar-refractivity contribution in [1.29, 1.82) is 5.26 Å². The van der Waals surface area contributed by atoms with Crippen LogP contribution in [0.15, 0.2) is 52.9 Å². The summed E-state index contributed by atoms with van der Waals surface area (Å²) in [6, 6.07) is 14.9. The number of benzene rings is 2. The third-order valence-corrected chi connectivity index (χ3v) is 4.24. The number of nitriles is 1. The number of carbonyl (C=O) groups excluding carboxylic acids is 1. The molecule has 6 nitrogen and oxygen atoms in total. The number of carbonyl (C=O) groups is 1. The van der Waals surface area contributed by atoms with Gasteiger partial charge in [-0.25, -0.2) is 0 Å². The summed E-state index contributed by atoms with van der Waals surface area (Å²) in [6.45, 7) is 0. The minimum absolute atomic E-state index is 0.122. The van der Waals surface area contributed by atoms with Crippen molar-refractivity contribution >= 4 is 11.8 Å². The van der Waals surface area contributed by atoms with Crippen LogP contribution in [0.5, 0.6) is 11.5 Å². The number of nitrogens with zero attached hydrogens (tertiary/aromatic N) is 1. The zero-order chi connectivity index (χ0) is 21.9. The van der Waals surface area contributed by atoms with E-state index in [4.69, 9.17) is 13.9 Å². The summed E-state index contributed by atoms with van der Waals surface area (Å²) in [5.74, 6) is -1.59. The molecule has 3 aromatic rings. The van der Waals surface area contributed by atoms with Gasteiger partial charge < -0.3 is 13.9 Å². The van der Waals surface area contributed by atoms with Crippen molar-refractivity contribution in [2.45, 2.75) is 6.18 Å². The van der Waals surface area contributed by atoms with E-state index >= 15 is 0 Å². The molecule has 9 heteroatoms. The molecule has 0 bridgehead atoms. The molecule has 0 saturated heterocycles. The summed E-state index contributed by atoms with van der Waals surface area (Å²) < 4.78 is 53.9. The number of methoxy groups -OCH3 is 2. The zero-order valence-corrected chi connectivity index (χ0v) is 15.8. The second-order valence-corrected chi connectivity index (χ2v) is 6.03. The molecule has 1 heterocycles. The SMILES string of the molecule is COc1ccc(-c2oc(NC(=O)C(F)(F)F)c(C#N)c2-c2ccc(OC)cc2)cc1. The molecular weight excluding hydrogens is 401 g/mol. The molecule has 154 valence electrons. The van der Waals surface area contributed by atoms with Crippen molar-refractivity contribution in [1.82, 2.24) is 0 Å². The summed E-state index contributed by atoms with van der Waals surface area (Å²) >= 11 is 0. The van der Waals surface area contributed by atoms with E-state index in [-0.39, 0.29) is 16.9 Å². The number of furan rings is 1. The van der Waals surface area contributed by atoms with Crippen LogP contribution in [-0.4, -0.2) is 26.3 Å². The first-order chi connectivity index (χ1) is 14.3. The highest BCUT2D eigenvalue weighted by molar-refractivity contribution is 5.98. The number of rotatable bonds is 5. The van der Waals surface area contributed by atoms with Crippen LogP contribution in [0.2, 0.25) is 0 Å².